The first-order chi connectivity index (χ1) is 7.30. The van der Waals surface area contributed by atoms with Crippen molar-refractivity contribution in [2.24, 2.45) is 0 Å². The van der Waals surface area contributed by atoms with Gasteiger partial charge in [0.1, 0.15) is 6.54 Å². The highest BCUT2D eigenvalue weighted by Gasteiger charge is 2.28. The number of aliphatic hydroxyl groups excluding tert-OH is 1. The molecule has 16 heavy (non-hydrogen) atoms. The second kappa shape index (κ2) is 6.85. The fourth-order valence-electron chi connectivity index (χ4n) is 0.968. The molecule has 0 aromatic carbocycles. The van der Waals surface area contributed by atoms with Gasteiger partial charge in [-0.25, -0.2) is 4.79 Å². The highest BCUT2D eigenvalue weighted by molar-refractivity contribution is 7.99. The van der Waals surface area contributed by atoms with Crippen LogP contribution in [-0.4, -0.2) is 48.0 Å². The van der Waals surface area contributed by atoms with E-state index in [0.29, 0.717) is 0 Å². The summed E-state index contributed by atoms with van der Waals surface area (Å²) in [6, 6.07) is -1.30. The number of hydrogen-bond donors (Lipinski definition) is 3. The molecule has 0 rings (SSSR count). The topological polar surface area (TPSA) is 61.4 Å². The minimum absolute atomic E-state index is 0.151. The molecular weight excluding hydrogens is 245 g/mol. The van der Waals surface area contributed by atoms with Crippen molar-refractivity contribution >= 4 is 17.8 Å². The van der Waals surface area contributed by atoms with Crippen LogP contribution in [0.2, 0.25) is 0 Å². The number of rotatable bonds is 5. The van der Waals surface area contributed by atoms with E-state index in [1.807, 2.05) is 0 Å². The lowest BCUT2D eigenvalue weighted by Crippen LogP contribution is -2.48. The molecule has 0 saturated heterocycles. The number of amides is 2. The van der Waals surface area contributed by atoms with E-state index < -0.39 is 24.8 Å². The maximum Gasteiger partial charge on any atom is 0.405 e. The van der Waals surface area contributed by atoms with Gasteiger partial charge in [0, 0.05) is 11.3 Å². The van der Waals surface area contributed by atoms with Gasteiger partial charge in [-0.2, -0.15) is 24.9 Å². The first kappa shape index (κ1) is 15.4. The maximum absolute atomic E-state index is 11.8. The summed E-state index contributed by atoms with van der Waals surface area (Å²) in [4.78, 5) is 11.0. The first-order valence-corrected chi connectivity index (χ1v) is 5.83. The second-order valence-electron chi connectivity index (χ2n) is 3.19. The van der Waals surface area contributed by atoms with Crippen molar-refractivity contribution in [1.82, 2.24) is 10.6 Å². The lowest BCUT2D eigenvalue weighted by molar-refractivity contribution is -0.122. The SMILES string of the molecule is CS[C@@H](CO)[C@H](C)NC(=O)NCC(F)(F)F. The summed E-state index contributed by atoms with van der Waals surface area (Å²) < 4.78 is 35.3. The van der Waals surface area contributed by atoms with E-state index in [9.17, 15) is 18.0 Å². The molecule has 0 unspecified atom stereocenters. The van der Waals surface area contributed by atoms with Crippen LogP contribution in [0.4, 0.5) is 18.0 Å². The molecule has 0 aromatic rings. The molecule has 0 heterocycles. The monoisotopic (exact) mass is 260 g/mol. The van der Waals surface area contributed by atoms with Crippen LogP contribution in [0.25, 0.3) is 0 Å². The van der Waals surface area contributed by atoms with Crippen molar-refractivity contribution in [3.8, 4) is 0 Å². The summed E-state index contributed by atoms with van der Waals surface area (Å²) in [6.45, 7) is 0.0983. The molecule has 4 nitrogen and oxygen atoms in total. The van der Waals surface area contributed by atoms with Gasteiger partial charge in [-0.3, -0.25) is 0 Å². The maximum atomic E-state index is 11.8. The van der Waals surface area contributed by atoms with Crippen LogP contribution in [0, 0.1) is 0 Å². The quantitative estimate of drug-likeness (QED) is 0.690. The molecule has 0 aromatic heterocycles. The van der Waals surface area contributed by atoms with Crippen LogP contribution in [0.3, 0.4) is 0 Å². The Kier molecular flexibility index (Phi) is 6.58. The third-order valence-electron chi connectivity index (χ3n) is 1.85. The molecule has 0 fully saturated rings. The third-order valence-corrected chi connectivity index (χ3v) is 3.01. The van der Waals surface area contributed by atoms with Gasteiger partial charge in [0.25, 0.3) is 0 Å². The summed E-state index contributed by atoms with van der Waals surface area (Å²) in [7, 11) is 0. The molecule has 0 saturated carbocycles. The van der Waals surface area contributed by atoms with Gasteiger partial charge in [0.05, 0.1) is 6.61 Å². The molecule has 96 valence electrons. The molecule has 0 aliphatic heterocycles. The molecule has 8 heteroatoms. The standard InChI is InChI=1S/C8H15F3N2O2S/c1-5(6(3-14)16-2)13-7(15)12-4-8(9,10)11/h5-6,14H,3-4H2,1-2H3,(H2,12,13,15)/t5-,6-/m0/s1. The molecule has 0 aliphatic carbocycles. The number of thioether (sulfide) groups is 1. The fourth-order valence-corrected chi connectivity index (χ4v) is 1.59. The lowest BCUT2D eigenvalue weighted by Gasteiger charge is -2.21. The van der Waals surface area contributed by atoms with Crippen LogP contribution in [-0.2, 0) is 0 Å². The summed E-state index contributed by atoms with van der Waals surface area (Å²) in [6.07, 6.45) is -2.68. The summed E-state index contributed by atoms with van der Waals surface area (Å²) in [5, 5.41) is 12.7. The highest BCUT2D eigenvalue weighted by atomic mass is 32.2. The van der Waals surface area contributed by atoms with E-state index in [1.165, 1.54) is 11.8 Å². The molecule has 2 atom stereocenters. The van der Waals surface area contributed by atoms with E-state index in [0.717, 1.165) is 0 Å². The Labute approximate surface area is 96.0 Å². The number of carbonyl (C=O) groups excluding carboxylic acids is 1. The van der Waals surface area contributed by atoms with Gasteiger partial charge >= 0.3 is 12.2 Å². The molecule has 0 radical (unpaired) electrons. The normalized spacial score (nSPS) is 15.4. The average molecular weight is 260 g/mol. The third kappa shape index (κ3) is 6.78. The Balaban J connectivity index is 3.95. The number of halogens is 3. The van der Waals surface area contributed by atoms with Crippen LogP contribution in [0.15, 0.2) is 0 Å². The molecule has 0 aliphatic rings. The van der Waals surface area contributed by atoms with Crippen molar-refractivity contribution < 1.29 is 23.1 Å². The Bertz CT molecular complexity index is 222. The average Bonchev–Trinajstić information content (AvgIpc) is 2.15. The van der Waals surface area contributed by atoms with Crippen LogP contribution >= 0.6 is 11.8 Å². The van der Waals surface area contributed by atoms with Crippen molar-refractivity contribution in [2.75, 3.05) is 19.4 Å². The van der Waals surface area contributed by atoms with E-state index >= 15 is 0 Å². The van der Waals surface area contributed by atoms with Gasteiger partial charge in [0.2, 0.25) is 0 Å². The minimum Gasteiger partial charge on any atom is -0.395 e. The van der Waals surface area contributed by atoms with E-state index in [2.05, 4.69) is 5.32 Å². The van der Waals surface area contributed by atoms with Gasteiger partial charge in [-0.15, -0.1) is 0 Å². The van der Waals surface area contributed by atoms with Crippen LogP contribution in [0.5, 0.6) is 0 Å². The lowest BCUT2D eigenvalue weighted by atomic mass is 10.2. The number of carbonyl (C=O) groups is 1. The van der Waals surface area contributed by atoms with E-state index in [-0.39, 0.29) is 11.9 Å². The molecule has 2 amide bonds. The van der Waals surface area contributed by atoms with Crippen molar-refractivity contribution in [3.63, 3.8) is 0 Å². The smallest absolute Gasteiger partial charge is 0.395 e. The predicted octanol–water partition coefficient (Wildman–Crippen LogP) is 0.960. The van der Waals surface area contributed by atoms with Crippen LogP contribution < -0.4 is 10.6 Å². The predicted molar refractivity (Wildman–Crippen MR) is 56.4 cm³/mol. The minimum atomic E-state index is -4.42. The zero-order valence-electron chi connectivity index (χ0n) is 8.97. The van der Waals surface area contributed by atoms with E-state index in [4.69, 9.17) is 5.11 Å². The molecule has 0 bridgehead atoms. The number of alkyl halides is 3. The van der Waals surface area contributed by atoms with E-state index in [1.54, 1.807) is 18.5 Å². The number of hydrogen-bond acceptors (Lipinski definition) is 3. The zero-order chi connectivity index (χ0) is 12.8. The van der Waals surface area contributed by atoms with Crippen molar-refractivity contribution in [1.29, 1.82) is 0 Å². The first-order valence-electron chi connectivity index (χ1n) is 4.55. The fraction of sp³-hybridized carbons (Fsp3) is 0.875. The van der Waals surface area contributed by atoms with Crippen molar-refractivity contribution in [2.45, 2.75) is 24.4 Å². The Hall–Kier alpha value is -0.630. The van der Waals surface area contributed by atoms with Crippen LogP contribution in [0.1, 0.15) is 6.92 Å². The van der Waals surface area contributed by atoms with Gasteiger partial charge < -0.3 is 15.7 Å². The van der Waals surface area contributed by atoms with Gasteiger partial charge in [-0.1, -0.05) is 0 Å². The van der Waals surface area contributed by atoms with Gasteiger partial charge in [0.15, 0.2) is 0 Å². The Morgan fingerprint density at radius 1 is 1.50 bits per heavy atom. The highest BCUT2D eigenvalue weighted by Crippen LogP contribution is 2.12. The molecular formula is C8H15F3N2O2S. The molecule has 3 N–H and O–H groups in total. The second-order valence-corrected chi connectivity index (χ2v) is 4.26. The zero-order valence-corrected chi connectivity index (χ0v) is 9.78. The summed E-state index contributed by atoms with van der Waals surface area (Å²) in [5.41, 5.74) is 0. The number of nitrogens with one attached hydrogen (secondary N) is 2. The number of urea groups is 1. The van der Waals surface area contributed by atoms with Crippen molar-refractivity contribution in [3.05, 3.63) is 0 Å². The molecule has 0 spiro atoms. The summed E-state index contributed by atoms with van der Waals surface area (Å²) >= 11 is 1.33. The number of aliphatic hydroxyl groups is 1. The Morgan fingerprint density at radius 2 is 2.06 bits per heavy atom. The van der Waals surface area contributed by atoms with Gasteiger partial charge in [-0.05, 0) is 13.2 Å². The summed E-state index contributed by atoms with van der Waals surface area (Å²) in [5.74, 6) is 0. The largest absolute Gasteiger partial charge is 0.405 e. The Morgan fingerprint density at radius 3 is 2.44 bits per heavy atom.